The molecule has 0 bridgehead atoms. The molecule has 2 saturated heterocycles. The highest BCUT2D eigenvalue weighted by atomic mass is 16.2. The van der Waals surface area contributed by atoms with Crippen LogP contribution in [-0.2, 0) is 0 Å². The molecule has 2 aliphatic heterocycles. The Morgan fingerprint density at radius 1 is 1.33 bits per heavy atom. The summed E-state index contributed by atoms with van der Waals surface area (Å²) in [5.41, 5.74) is 3.00. The van der Waals surface area contributed by atoms with E-state index in [4.69, 9.17) is 0 Å². The van der Waals surface area contributed by atoms with Crippen molar-refractivity contribution in [1.82, 2.24) is 9.80 Å². The summed E-state index contributed by atoms with van der Waals surface area (Å²) >= 11 is 0. The van der Waals surface area contributed by atoms with Gasteiger partial charge in [0, 0.05) is 43.5 Å². The second-order valence-corrected chi connectivity index (χ2v) is 6.14. The maximum absolute atomic E-state index is 12.8. The topological polar surface area (TPSA) is 35.6 Å². The number of rotatable bonds is 3. The molecule has 1 aromatic rings. The lowest BCUT2D eigenvalue weighted by molar-refractivity contribution is 0.0570. The molecule has 2 aliphatic rings. The van der Waals surface area contributed by atoms with E-state index in [1.807, 2.05) is 24.0 Å². The molecule has 1 unspecified atom stereocenters. The average molecular weight is 287 g/mol. The third kappa shape index (κ3) is 2.91. The summed E-state index contributed by atoms with van der Waals surface area (Å²) in [5, 5.41) is 3.29. The van der Waals surface area contributed by atoms with Gasteiger partial charge in [0.25, 0.3) is 5.91 Å². The van der Waals surface area contributed by atoms with E-state index in [1.165, 1.54) is 19.4 Å². The van der Waals surface area contributed by atoms with Crippen molar-refractivity contribution in [2.75, 3.05) is 38.0 Å². The molecule has 0 saturated carbocycles. The summed E-state index contributed by atoms with van der Waals surface area (Å²) in [6.07, 6.45) is 2.52. The fraction of sp³-hybridized carbons (Fsp3) is 0.588. The predicted octanol–water partition coefficient (Wildman–Crippen LogP) is 2.35. The molecule has 21 heavy (non-hydrogen) atoms. The summed E-state index contributed by atoms with van der Waals surface area (Å²) in [5.74, 6) is 0.196. The lowest BCUT2D eigenvalue weighted by Crippen LogP contribution is -2.52. The molecule has 1 amide bonds. The number of fused-ring (bicyclic) bond motifs is 1. The number of benzene rings is 1. The van der Waals surface area contributed by atoms with E-state index in [9.17, 15) is 4.79 Å². The summed E-state index contributed by atoms with van der Waals surface area (Å²) in [4.78, 5) is 17.3. The molecule has 1 aromatic carbocycles. The highest BCUT2D eigenvalue weighted by Gasteiger charge is 2.32. The van der Waals surface area contributed by atoms with Crippen LogP contribution in [0.2, 0.25) is 0 Å². The van der Waals surface area contributed by atoms with Gasteiger partial charge in [-0.15, -0.1) is 0 Å². The van der Waals surface area contributed by atoms with Gasteiger partial charge in [-0.2, -0.15) is 0 Å². The largest absolute Gasteiger partial charge is 0.385 e. The van der Waals surface area contributed by atoms with Gasteiger partial charge in [0.1, 0.15) is 0 Å². The van der Waals surface area contributed by atoms with Gasteiger partial charge >= 0.3 is 0 Å². The Morgan fingerprint density at radius 3 is 2.95 bits per heavy atom. The lowest BCUT2D eigenvalue weighted by atomic mass is 10.0. The zero-order chi connectivity index (χ0) is 14.8. The van der Waals surface area contributed by atoms with E-state index < -0.39 is 0 Å². The number of amides is 1. The average Bonchev–Trinajstić information content (AvgIpc) is 2.94. The Bertz CT molecular complexity index is 529. The third-order valence-electron chi connectivity index (χ3n) is 4.71. The predicted molar refractivity (Wildman–Crippen MR) is 85.8 cm³/mol. The number of aryl methyl sites for hydroxylation is 1. The van der Waals surface area contributed by atoms with Gasteiger partial charge in [0.05, 0.1) is 0 Å². The minimum absolute atomic E-state index is 0.196. The van der Waals surface area contributed by atoms with Gasteiger partial charge in [-0.25, -0.2) is 0 Å². The molecule has 114 valence electrons. The van der Waals surface area contributed by atoms with Crippen molar-refractivity contribution >= 4 is 11.6 Å². The molecular weight excluding hydrogens is 262 g/mol. The first-order chi connectivity index (χ1) is 10.2. The minimum Gasteiger partial charge on any atom is -0.385 e. The molecule has 0 radical (unpaired) electrons. The van der Waals surface area contributed by atoms with Crippen LogP contribution in [0.15, 0.2) is 18.2 Å². The van der Waals surface area contributed by atoms with Crippen LogP contribution in [0.1, 0.15) is 35.7 Å². The Labute approximate surface area is 127 Å². The smallest absolute Gasteiger partial charge is 0.254 e. The third-order valence-corrected chi connectivity index (χ3v) is 4.71. The van der Waals surface area contributed by atoms with Gasteiger partial charge in [-0.05, 0) is 57.0 Å². The SMILES string of the molecule is CCNc1ccc(C(=O)N2CCN3CCCC3C2)c(C)c1. The zero-order valence-corrected chi connectivity index (χ0v) is 13.1. The number of carbonyl (C=O) groups is 1. The maximum atomic E-state index is 12.8. The number of hydrogen-bond donors (Lipinski definition) is 1. The van der Waals surface area contributed by atoms with Crippen LogP contribution in [0.25, 0.3) is 0 Å². The van der Waals surface area contributed by atoms with Crippen LogP contribution in [-0.4, -0.2) is 54.5 Å². The van der Waals surface area contributed by atoms with Crippen LogP contribution in [0.5, 0.6) is 0 Å². The van der Waals surface area contributed by atoms with Gasteiger partial charge in [0.15, 0.2) is 0 Å². The number of nitrogens with zero attached hydrogens (tertiary/aromatic N) is 2. The maximum Gasteiger partial charge on any atom is 0.254 e. The standard InChI is InChI=1S/C17H25N3O/c1-3-18-14-6-7-16(13(2)11-14)17(21)20-10-9-19-8-4-5-15(19)12-20/h6-7,11,15,18H,3-5,8-10,12H2,1-2H3. The van der Waals surface area contributed by atoms with E-state index >= 15 is 0 Å². The van der Waals surface area contributed by atoms with Crippen molar-refractivity contribution in [2.24, 2.45) is 0 Å². The summed E-state index contributed by atoms with van der Waals surface area (Å²) in [6.45, 7) is 9.01. The Kier molecular flexibility index (Phi) is 4.15. The molecular formula is C17H25N3O. The van der Waals surface area contributed by atoms with Crippen LogP contribution in [0.4, 0.5) is 5.69 Å². The Hall–Kier alpha value is -1.55. The molecule has 0 spiro atoms. The highest BCUT2D eigenvalue weighted by Crippen LogP contribution is 2.24. The van der Waals surface area contributed by atoms with Crippen molar-refractivity contribution in [3.8, 4) is 0 Å². The van der Waals surface area contributed by atoms with Crippen LogP contribution >= 0.6 is 0 Å². The van der Waals surface area contributed by atoms with E-state index in [1.54, 1.807) is 0 Å². The number of hydrogen-bond acceptors (Lipinski definition) is 3. The molecule has 0 aromatic heterocycles. The first-order valence-electron chi connectivity index (χ1n) is 8.07. The zero-order valence-electron chi connectivity index (χ0n) is 13.1. The molecule has 0 aliphatic carbocycles. The van der Waals surface area contributed by atoms with Crippen molar-refractivity contribution in [1.29, 1.82) is 0 Å². The summed E-state index contributed by atoms with van der Waals surface area (Å²) < 4.78 is 0. The van der Waals surface area contributed by atoms with Crippen LogP contribution in [0, 0.1) is 6.92 Å². The van der Waals surface area contributed by atoms with Gasteiger partial charge in [0.2, 0.25) is 0 Å². The van der Waals surface area contributed by atoms with Gasteiger partial charge < -0.3 is 10.2 Å². The summed E-state index contributed by atoms with van der Waals surface area (Å²) in [6, 6.07) is 6.64. The molecule has 3 rings (SSSR count). The minimum atomic E-state index is 0.196. The second-order valence-electron chi connectivity index (χ2n) is 6.14. The molecule has 1 atom stereocenters. The van der Waals surface area contributed by atoms with E-state index in [0.717, 1.165) is 43.0 Å². The molecule has 1 N–H and O–H groups in total. The number of carbonyl (C=O) groups excluding carboxylic acids is 1. The fourth-order valence-corrected chi connectivity index (χ4v) is 3.56. The van der Waals surface area contributed by atoms with E-state index in [-0.39, 0.29) is 5.91 Å². The number of anilines is 1. The second kappa shape index (κ2) is 6.06. The lowest BCUT2D eigenvalue weighted by Gasteiger charge is -2.37. The fourth-order valence-electron chi connectivity index (χ4n) is 3.56. The number of nitrogens with one attached hydrogen (secondary N) is 1. The van der Waals surface area contributed by atoms with Gasteiger partial charge in [-0.3, -0.25) is 9.69 Å². The van der Waals surface area contributed by atoms with Crippen molar-refractivity contribution < 1.29 is 4.79 Å². The molecule has 4 heteroatoms. The van der Waals surface area contributed by atoms with Crippen molar-refractivity contribution in [3.63, 3.8) is 0 Å². The van der Waals surface area contributed by atoms with E-state index in [2.05, 4.69) is 23.2 Å². The van der Waals surface area contributed by atoms with Gasteiger partial charge in [-0.1, -0.05) is 0 Å². The van der Waals surface area contributed by atoms with Crippen LogP contribution in [0.3, 0.4) is 0 Å². The summed E-state index contributed by atoms with van der Waals surface area (Å²) in [7, 11) is 0. The number of piperazine rings is 1. The first kappa shape index (κ1) is 14.4. The normalized spacial score (nSPS) is 22.2. The quantitative estimate of drug-likeness (QED) is 0.927. The Balaban J connectivity index is 1.73. The Morgan fingerprint density at radius 2 is 2.19 bits per heavy atom. The molecule has 2 fully saturated rings. The van der Waals surface area contributed by atoms with Crippen molar-refractivity contribution in [2.45, 2.75) is 32.7 Å². The van der Waals surface area contributed by atoms with Crippen molar-refractivity contribution in [3.05, 3.63) is 29.3 Å². The molecule has 4 nitrogen and oxygen atoms in total. The van der Waals surface area contributed by atoms with E-state index in [0.29, 0.717) is 6.04 Å². The molecule has 2 heterocycles. The first-order valence-corrected chi connectivity index (χ1v) is 8.07. The monoisotopic (exact) mass is 287 g/mol. The highest BCUT2D eigenvalue weighted by molar-refractivity contribution is 5.96. The van der Waals surface area contributed by atoms with Crippen LogP contribution < -0.4 is 5.32 Å².